The maximum atomic E-state index is 13.6. The minimum atomic E-state index is -4.99. The van der Waals surface area contributed by atoms with Crippen molar-refractivity contribution in [3.8, 4) is 0 Å². The monoisotopic (exact) mass is 535 g/mol. The number of anilines is 1. The van der Waals surface area contributed by atoms with Gasteiger partial charge < -0.3 is 4.90 Å². The number of rotatable bonds is 4. The minimum absolute atomic E-state index is 0.0378. The van der Waals surface area contributed by atoms with Crippen LogP contribution in [-0.2, 0) is 17.1 Å². The fourth-order valence-electron chi connectivity index (χ4n) is 5.50. The summed E-state index contributed by atoms with van der Waals surface area (Å²) in [5.74, 6) is -0.271. The second-order valence-corrected chi connectivity index (χ2v) is 10.8. The van der Waals surface area contributed by atoms with Gasteiger partial charge in [-0.2, -0.15) is 26.3 Å². The third kappa shape index (κ3) is 6.14. The molecule has 36 heavy (non-hydrogen) atoms. The first-order valence-corrected chi connectivity index (χ1v) is 13.5. The summed E-state index contributed by atoms with van der Waals surface area (Å²) in [6, 6.07) is 1.59. The van der Waals surface area contributed by atoms with Gasteiger partial charge in [0.2, 0.25) is 5.91 Å². The highest BCUT2D eigenvalue weighted by molar-refractivity contribution is 8.14. The Morgan fingerprint density at radius 3 is 1.92 bits per heavy atom. The molecule has 0 N–H and O–H groups in total. The number of halogens is 6. The highest BCUT2D eigenvalue weighted by Gasteiger charge is 2.43. The van der Waals surface area contributed by atoms with Crippen molar-refractivity contribution in [1.29, 1.82) is 0 Å². The van der Waals surface area contributed by atoms with Crippen LogP contribution in [0.3, 0.4) is 0 Å². The maximum Gasteiger partial charge on any atom is 0.416 e. The Balaban J connectivity index is 1.76. The molecular formula is C25H31F6N3OS. The molecule has 11 heteroatoms. The minimum Gasteiger partial charge on any atom is -0.327 e. The van der Waals surface area contributed by atoms with Gasteiger partial charge >= 0.3 is 12.4 Å². The van der Waals surface area contributed by atoms with Gasteiger partial charge in [-0.25, -0.2) is 0 Å². The normalized spacial score (nSPS) is 23.9. The molecule has 3 aliphatic rings. The Bertz CT molecular complexity index is 935. The van der Waals surface area contributed by atoms with Crippen LogP contribution in [0.2, 0.25) is 0 Å². The zero-order valence-electron chi connectivity index (χ0n) is 20.2. The van der Waals surface area contributed by atoms with E-state index in [1.807, 2.05) is 4.90 Å². The van der Waals surface area contributed by atoms with E-state index in [4.69, 9.17) is 4.99 Å². The van der Waals surface area contributed by atoms with E-state index in [2.05, 4.69) is 0 Å². The molecule has 1 saturated heterocycles. The Kier molecular flexibility index (Phi) is 8.16. The van der Waals surface area contributed by atoms with Crippen LogP contribution in [0.1, 0.15) is 82.3 Å². The maximum absolute atomic E-state index is 13.6. The molecule has 4 nitrogen and oxygen atoms in total. The molecule has 0 radical (unpaired) electrons. The van der Waals surface area contributed by atoms with Gasteiger partial charge in [0.25, 0.3) is 0 Å². The zero-order valence-corrected chi connectivity index (χ0v) is 21.0. The van der Waals surface area contributed by atoms with E-state index >= 15 is 0 Å². The lowest BCUT2D eigenvalue weighted by Gasteiger charge is -2.41. The number of aliphatic imine (C=N–C) groups is 1. The van der Waals surface area contributed by atoms with Crippen LogP contribution < -0.4 is 4.90 Å². The van der Waals surface area contributed by atoms with E-state index < -0.39 is 41.2 Å². The number of hydrogen-bond donors (Lipinski definition) is 0. The number of amidine groups is 1. The fraction of sp³-hybridized carbons (Fsp3) is 0.680. The number of thioether (sulfide) groups is 1. The predicted octanol–water partition coefficient (Wildman–Crippen LogP) is 7.47. The van der Waals surface area contributed by atoms with Crippen LogP contribution in [0.4, 0.5) is 32.0 Å². The molecular weight excluding hydrogens is 504 g/mol. The van der Waals surface area contributed by atoms with E-state index in [1.54, 1.807) is 0 Å². The summed E-state index contributed by atoms with van der Waals surface area (Å²) in [5, 5.41) is 0.757. The highest BCUT2D eigenvalue weighted by Crippen LogP contribution is 2.41. The highest BCUT2D eigenvalue weighted by atomic mass is 32.2. The average molecular weight is 536 g/mol. The van der Waals surface area contributed by atoms with Crippen molar-refractivity contribution in [1.82, 2.24) is 4.90 Å². The summed E-state index contributed by atoms with van der Waals surface area (Å²) in [5.41, 5.74) is -3.25. The Morgan fingerprint density at radius 2 is 1.42 bits per heavy atom. The summed E-state index contributed by atoms with van der Waals surface area (Å²) in [7, 11) is 0. The van der Waals surface area contributed by atoms with Crippen molar-refractivity contribution in [2.24, 2.45) is 4.99 Å². The first kappa shape index (κ1) is 27.1. The third-order valence-corrected chi connectivity index (χ3v) is 8.27. The molecule has 0 spiro atoms. The second-order valence-electron chi connectivity index (χ2n) is 9.85. The summed E-state index contributed by atoms with van der Waals surface area (Å²) in [6.07, 6.45) is -0.666. The standard InChI is InChI=1S/C25H31F6N3OS/c1-16(35)33(21-13-17(24(26,27)28)12-18(14-21)25(29,30)31)22-15-36-23(32-19-8-4-2-5-9-19)34(22)20-10-6-3-7-11-20/h12-14,19-20,22H,2-11,15H2,1H3. The van der Waals surface area contributed by atoms with Crippen LogP contribution in [0, 0.1) is 0 Å². The summed E-state index contributed by atoms with van der Waals surface area (Å²) < 4.78 is 81.4. The van der Waals surface area contributed by atoms with Crippen LogP contribution in [0.5, 0.6) is 0 Å². The summed E-state index contributed by atoms with van der Waals surface area (Å²) in [6.45, 7) is 1.19. The number of benzene rings is 1. The van der Waals surface area contributed by atoms with Gasteiger partial charge in [-0.3, -0.25) is 14.7 Å². The first-order chi connectivity index (χ1) is 16.9. The van der Waals surface area contributed by atoms with Crippen LogP contribution in [0.25, 0.3) is 0 Å². The number of carbonyl (C=O) groups is 1. The lowest BCUT2D eigenvalue weighted by atomic mass is 9.94. The van der Waals surface area contributed by atoms with Gasteiger partial charge in [0.15, 0.2) is 5.17 Å². The van der Waals surface area contributed by atoms with Crippen LogP contribution in [0.15, 0.2) is 23.2 Å². The molecule has 1 aromatic carbocycles. The van der Waals surface area contributed by atoms with E-state index in [9.17, 15) is 31.1 Å². The average Bonchev–Trinajstić information content (AvgIpc) is 3.21. The quantitative estimate of drug-likeness (QED) is 0.375. The summed E-state index contributed by atoms with van der Waals surface area (Å²) in [4.78, 5) is 21.0. The Morgan fingerprint density at radius 1 is 0.889 bits per heavy atom. The van der Waals surface area contributed by atoms with Gasteiger partial charge in [0.05, 0.1) is 17.2 Å². The van der Waals surface area contributed by atoms with Gasteiger partial charge in [-0.15, -0.1) is 0 Å². The number of amides is 1. The molecule has 2 saturated carbocycles. The molecule has 1 aromatic rings. The third-order valence-electron chi connectivity index (χ3n) is 7.23. The molecule has 3 fully saturated rings. The van der Waals surface area contributed by atoms with Crippen molar-refractivity contribution < 1.29 is 31.1 Å². The van der Waals surface area contributed by atoms with Gasteiger partial charge in [0, 0.05) is 24.4 Å². The Hall–Kier alpha value is -1.91. The molecule has 1 aliphatic heterocycles. The number of hydrogen-bond acceptors (Lipinski definition) is 3. The molecule has 0 bridgehead atoms. The lowest BCUT2D eigenvalue weighted by molar-refractivity contribution is -0.143. The fourth-order valence-corrected chi connectivity index (χ4v) is 6.75. The number of alkyl halides is 6. The predicted molar refractivity (Wildman–Crippen MR) is 129 cm³/mol. The molecule has 1 amide bonds. The lowest BCUT2D eigenvalue weighted by Crippen LogP contribution is -2.54. The van der Waals surface area contributed by atoms with Gasteiger partial charge in [-0.1, -0.05) is 50.3 Å². The zero-order chi connectivity index (χ0) is 26.1. The molecule has 4 rings (SSSR count). The van der Waals surface area contributed by atoms with Crippen molar-refractivity contribution in [2.75, 3.05) is 10.7 Å². The molecule has 1 unspecified atom stereocenters. The van der Waals surface area contributed by atoms with Gasteiger partial charge in [0.1, 0.15) is 6.17 Å². The van der Waals surface area contributed by atoms with Gasteiger partial charge in [-0.05, 0) is 43.9 Å². The number of nitrogens with zero attached hydrogens (tertiary/aromatic N) is 3. The molecule has 2 aliphatic carbocycles. The van der Waals surface area contributed by atoms with Crippen LogP contribution in [-0.4, -0.2) is 40.0 Å². The van der Waals surface area contributed by atoms with E-state index in [1.165, 1.54) is 25.1 Å². The molecule has 200 valence electrons. The smallest absolute Gasteiger partial charge is 0.327 e. The van der Waals surface area contributed by atoms with Crippen molar-refractivity contribution in [3.63, 3.8) is 0 Å². The van der Waals surface area contributed by atoms with Crippen LogP contribution >= 0.6 is 11.8 Å². The SMILES string of the molecule is CC(=O)N(c1cc(C(F)(F)F)cc(C(F)(F)F)c1)C1CSC(=NC2CCCCC2)N1C1CCCCC1. The Labute approximate surface area is 211 Å². The van der Waals surface area contributed by atoms with E-state index in [-0.39, 0.29) is 18.2 Å². The second kappa shape index (κ2) is 10.8. The summed E-state index contributed by atoms with van der Waals surface area (Å²) >= 11 is 1.44. The number of carbonyl (C=O) groups excluding carboxylic acids is 1. The molecule has 1 heterocycles. The van der Waals surface area contributed by atoms with Crippen molar-refractivity contribution in [3.05, 3.63) is 29.3 Å². The topological polar surface area (TPSA) is 35.9 Å². The largest absolute Gasteiger partial charge is 0.416 e. The molecule has 1 atom stereocenters. The van der Waals surface area contributed by atoms with Crippen molar-refractivity contribution in [2.45, 2.75) is 102 Å². The first-order valence-electron chi connectivity index (χ1n) is 12.5. The molecule has 0 aromatic heterocycles. The van der Waals surface area contributed by atoms with E-state index in [0.717, 1.165) is 67.9 Å². The van der Waals surface area contributed by atoms with E-state index in [0.29, 0.717) is 17.9 Å². The van der Waals surface area contributed by atoms with Crippen molar-refractivity contribution >= 4 is 28.5 Å².